The molecule has 0 bridgehead atoms. The predicted molar refractivity (Wildman–Crippen MR) is 33.6 cm³/mol. The first kappa shape index (κ1) is 8.39. The number of hydrogen-bond donors (Lipinski definition) is 2. The third kappa shape index (κ3) is 2.11. The SMILES string of the molecule is O=C(O)[C@@H]1CCC(F)(F)CN1. The average molecular weight is 165 g/mol. The van der Waals surface area contributed by atoms with Crippen LogP contribution in [0.3, 0.4) is 0 Å². The van der Waals surface area contributed by atoms with Crippen LogP contribution in [0.5, 0.6) is 0 Å². The number of halogens is 2. The molecular formula is C6H9F2NO2. The van der Waals surface area contributed by atoms with Crippen LogP contribution >= 0.6 is 0 Å². The van der Waals surface area contributed by atoms with Crippen molar-refractivity contribution in [3.05, 3.63) is 0 Å². The molecule has 0 saturated carbocycles. The molecule has 0 unspecified atom stereocenters. The Morgan fingerprint density at radius 1 is 1.64 bits per heavy atom. The van der Waals surface area contributed by atoms with Gasteiger partial charge < -0.3 is 5.11 Å². The van der Waals surface area contributed by atoms with Crippen LogP contribution in [-0.4, -0.2) is 29.6 Å². The number of nitrogens with one attached hydrogen (secondary N) is 1. The van der Waals surface area contributed by atoms with E-state index in [1.165, 1.54) is 0 Å². The summed E-state index contributed by atoms with van der Waals surface area (Å²) in [7, 11) is 0. The lowest BCUT2D eigenvalue weighted by Gasteiger charge is -2.26. The van der Waals surface area contributed by atoms with Crippen LogP contribution in [0.2, 0.25) is 0 Å². The van der Waals surface area contributed by atoms with E-state index in [1.54, 1.807) is 0 Å². The van der Waals surface area contributed by atoms with Crippen LogP contribution in [-0.2, 0) is 4.79 Å². The molecule has 11 heavy (non-hydrogen) atoms. The van der Waals surface area contributed by atoms with E-state index in [-0.39, 0.29) is 12.8 Å². The Labute approximate surface area is 62.4 Å². The molecule has 5 heteroatoms. The summed E-state index contributed by atoms with van der Waals surface area (Å²) in [4.78, 5) is 10.3. The molecule has 0 spiro atoms. The second-order valence-electron chi connectivity index (χ2n) is 2.67. The van der Waals surface area contributed by atoms with E-state index in [0.29, 0.717) is 0 Å². The highest BCUT2D eigenvalue weighted by Crippen LogP contribution is 2.24. The van der Waals surface area contributed by atoms with Gasteiger partial charge in [-0.2, -0.15) is 0 Å². The summed E-state index contributed by atoms with van der Waals surface area (Å²) in [5.74, 6) is -3.79. The minimum Gasteiger partial charge on any atom is -0.480 e. The second-order valence-corrected chi connectivity index (χ2v) is 2.67. The molecule has 1 atom stereocenters. The monoisotopic (exact) mass is 165 g/mol. The Morgan fingerprint density at radius 3 is 2.64 bits per heavy atom. The van der Waals surface area contributed by atoms with E-state index in [4.69, 9.17) is 5.11 Å². The summed E-state index contributed by atoms with van der Waals surface area (Å²) in [6.45, 7) is -0.524. The third-order valence-electron chi connectivity index (χ3n) is 1.70. The van der Waals surface area contributed by atoms with Gasteiger partial charge in [-0.3, -0.25) is 10.1 Å². The van der Waals surface area contributed by atoms with E-state index in [1.807, 2.05) is 0 Å². The van der Waals surface area contributed by atoms with Crippen molar-refractivity contribution in [3.63, 3.8) is 0 Å². The first-order chi connectivity index (χ1) is 5.01. The Kier molecular flexibility index (Phi) is 2.08. The van der Waals surface area contributed by atoms with Crippen molar-refractivity contribution in [1.82, 2.24) is 5.32 Å². The standard InChI is InChI=1S/C6H9F2NO2/c7-6(8)2-1-4(5(10)11)9-3-6/h4,9H,1-3H2,(H,10,11)/t4-/m0/s1. The number of hydrogen-bond acceptors (Lipinski definition) is 2. The topological polar surface area (TPSA) is 49.3 Å². The molecular weight excluding hydrogens is 156 g/mol. The second kappa shape index (κ2) is 2.73. The van der Waals surface area contributed by atoms with Gasteiger partial charge in [-0.25, -0.2) is 8.78 Å². The molecule has 3 nitrogen and oxygen atoms in total. The summed E-state index contributed by atoms with van der Waals surface area (Å²) in [6, 6.07) is -0.797. The first-order valence-corrected chi connectivity index (χ1v) is 3.35. The van der Waals surface area contributed by atoms with Gasteiger partial charge in [0, 0.05) is 6.42 Å². The number of rotatable bonds is 1. The molecule has 1 heterocycles. The van der Waals surface area contributed by atoms with Crippen molar-refractivity contribution in [1.29, 1.82) is 0 Å². The number of piperidine rings is 1. The molecule has 1 aliphatic rings. The van der Waals surface area contributed by atoms with E-state index < -0.39 is 24.5 Å². The molecule has 0 aliphatic carbocycles. The molecule has 1 rings (SSSR count). The molecule has 0 amide bonds. The van der Waals surface area contributed by atoms with Gasteiger partial charge in [-0.1, -0.05) is 0 Å². The minimum atomic E-state index is -2.73. The molecule has 0 radical (unpaired) electrons. The summed E-state index contributed by atoms with van der Waals surface area (Å²) >= 11 is 0. The zero-order valence-electron chi connectivity index (χ0n) is 5.81. The average Bonchev–Trinajstić information content (AvgIpc) is 1.86. The van der Waals surface area contributed by atoms with Crippen molar-refractivity contribution in [3.8, 4) is 0 Å². The van der Waals surface area contributed by atoms with E-state index in [2.05, 4.69) is 5.32 Å². The maximum Gasteiger partial charge on any atom is 0.320 e. The Balaban J connectivity index is 2.42. The number of carbonyl (C=O) groups is 1. The normalized spacial score (nSPS) is 29.8. The summed E-state index contributed by atoms with van der Waals surface area (Å²) in [6.07, 6.45) is -0.334. The number of aliphatic carboxylic acids is 1. The zero-order valence-corrected chi connectivity index (χ0v) is 5.81. The third-order valence-corrected chi connectivity index (χ3v) is 1.70. The van der Waals surface area contributed by atoms with Crippen molar-refractivity contribution in [2.45, 2.75) is 24.8 Å². The highest BCUT2D eigenvalue weighted by atomic mass is 19.3. The van der Waals surface area contributed by atoms with Crippen LogP contribution in [0.4, 0.5) is 8.78 Å². The highest BCUT2D eigenvalue weighted by Gasteiger charge is 2.36. The minimum absolute atomic E-state index is 0.00231. The lowest BCUT2D eigenvalue weighted by atomic mass is 10.0. The fraction of sp³-hybridized carbons (Fsp3) is 0.833. The zero-order chi connectivity index (χ0) is 8.48. The van der Waals surface area contributed by atoms with Crippen LogP contribution in [0.1, 0.15) is 12.8 Å². The van der Waals surface area contributed by atoms with E-state index in [0.717, 1.165) is 0 Å². The molecule has 0 aromatic carbocycles. The summed E-state index contributed by atoms with van der Waals surface area (Å²) in [5, 5.41) is 10.7. The molecule has 1 aliphatic heterocycles. The van der Waals surface area contributed by atoms with E-state index >= 15 is 0 Å². The predicted octanol–water partition coefficient (Wildman–Crippen LogP) is 0.458. The van der Waals surface area contributed by atoms with Gasteiger partial charge in [0.05, 0.1) is 6.54 Å². The van der Waals surface area contributed by atoms with Crippen LogP contribution in [0.25, 0.3) is 0 Å². The fourth-order valence-electron chi connectivity index (χ4n) is 1.03. The number of carboxylic acid groups (broad SMARTS) is 1. The molecule has 2 N–H and O–H groups in total. The Bertz CT molecular complexity index is 162. The lowest BCUT2D eigenvalue weighted by molar-refractivity contribution is -0.142. The summed E-state index contributed by atoms with van der Waals surface area (Å²) in [5.41, 5.74) is 0. The van der Waals surface area contributed by atoms with Crippen molar-refractivity contribution in [2.24, 2.45) is 0 Å². The molecule has 0 aromatic heterocycles. The van der Waals surface area contributed by atoms with Crippen LogP contribution in [0, 0.1) is 0 Å². The maximum absolute atomic E-state index is 12.4. The van der Waals surface area contributed by atoms with Crippen molar-refractivity contribution >= 4 is 5.97 Å². The van der Waals surface area contributed by atoms with Gasteiger partial charge in [0.1, 0.15) is 6.04 Å². The Hall–Kier alpha value is -0.710. The Morgan fingerprint density at radius 2 is 2.27 bits per heavy atom. The van der Waals surface area contributed by atoms with Gasteiger partial charge in [0.2, 0.25) is 0 Å². The van der Waals surface area contributed by atoms with Gasteiger partial charge >= 0.3 is 5.97 Å². The molecule has 1 saturated heterocycles. The molecule has 0 aromatic rings. The van der Waals surface area contributed by atoms with Gasteiger partial charge in [-0.15, -0.1) is 0 Å². The van der Waals surface area contributed by atoms with Crippen LogP contribution < -0.4 is 5.32 Å². The van der Waals surface area contributed by atoms with Crippen molar-refractivity contribution in [2.75, 3.05) is 6.54 Å². The maximum atomic E-state index is 12.4. The smallest absolute Gasteiger partial charge is 0.320 e. The first-order valence-electron chi connectivity index (χ1n) is 3.35. The van der Waals surface area contributed by atoms with Crippen LogP contribution in [0.15, 0.2) is 0 Å². The number of carboxylic acids is 1. The highest BCUT2D eigenvalue weighted by molar-refractivity contribution is 5.73. The van der Waals surface area contributed by atoms with E-state index in [9.17, 15) is 13.6 Å². The lowest BCUT2D eigenvalue weighted by Crippen LogP contribution is -2.48. The molecule has 1 fully saturated rings. The van der Waals surface area contributed by atoms with Crippen molar-refractivity contribution < 1.29 is 18.7 Å². The fourth-order valence-corrected chi connectivity index (χ4v) is 1.03. The van der Waals surface area contributed by atoms with Gasteiger partial charge in [0.15, 0.2) is 0 Å². The quantitative estimate of drug-likeness (QED) is 0.593. The largest absolute Gasteiger partial charge is 0.480 e. The van der Waals surface area contributed by atoms with Gasteiger partial charge in [0.25, 0.3) is 5.92 Å². The summed E-state index contributed by atoms with van der Waals surface area (Å²) < 4.78 is 24.8. The number of alkyl halides is 2. The molecule has 64 valence electrons. The van der Waals surface area contributed by atoms with Gasteiger partial charge in [-0.05, 0) is 6.42 Å².